The minimum atomic E-state index is -1.14. The van der Waals surface area contributed by atoms with Gasteiger partial charge in [0.25, 0.3) is 0 Å². The Balaban J connectivity index is 2.37. The van der Waals surface area contributed by atoms with Gasteiger partial charge in [-0.1, -0.05) is 17.7 Å². The highest BCUT2D eigenvalue weighted by Crippen LogP contribution is 2.30. The molecule has 1 N–H and O–H groups in total. The molecule has 1 nitrogen and oxygen atoms in total. The average molecular weight is 200 g/mol. The molecule has 70 valence electrons. The number of hydrogen-bond donors (Lipinski definition) is 1. The van der Waals surface area contributed by atoms with Gasteiger partial charge in [0, 0.05) is 23.7 Å². The highest BCUT2D eigenvalue weighted by molar-refractivity contribution is 6.30. The first-order valence-electron chi connectivity index (χ1n) is 4.28. The Morgan fingerprint density at radius 3 is 3.08 bits per heavy atom. The highest BCUT2D eigenvalue weighted by Gasteiger charge is 2.28. The summed E-state index contributed by atoms with van der Waals surface area (Å²) >= 11 is 5.81. The molecule has 0 amide bonds. The summed E-state index contributed by atoms with van der Waals surface area (Å²) in [6, 6.07) is 5.51. The second kappa shape index (κ2) is 2.88. The van der Waals surface area contributed by atoms with Crippen LogP contribution >= 0.6 is 11.6 Å². The van der Waals surface area contributed by atoms with Gasteiger partial charge in [-0.15, -0.1) is 0 Å². The summed E-state index contributed by atoms with van der Waals surface area (Å²) in [5.41, 5.74) is 0.823. The molecule has 0 bridgehead atoms. The monoisotopic (exact) mass is 199 g/mol. The fourth-order valence-corrected chi connectivity index (χ4v) is 1.78. The Morgan fingerprint density at radius 1 is 1.54 bits per heavy atom. The second-order valence-electron chi connectivity index (χ2n) is 3.75. The van der Waals surface area contributed by atoms with Crippen molar-refractivity contribution in [3.63, 3.8) is 0 Å². The molecule has 0 radical (unpaired) electrons. The lowest BCUT2D eigenvalue weighted by atomic mass is 9.93. The molecule has 13 heavy (non-hydrogen) atoms. The van der Waals surface area contributed by atoms with Gasteiger partial charge in [0.05, 0.1) is 0 Å². The fourth-order valence-electron chi connectivity index (χ4n) is 1.61. The van der Waals surface area contributed by atoms with E-state index >= 15 is 0 Å². The van der Waals surface area contributed by atoms with Gasteiger partial charge in [-0.25, -0.2) is 4.39 Å². The molecule has 3 heteroatoms. The molecule has 2 rings (SSSR count). The van der Waals surface area contributed by atoms with E-state index in [0.717, 1.165) is 11.3 Å². The predicted octanol–water partition coefficient (Wildman–Crippen LogP) is 3.04. The maximum Gasteiger partial charge on any atom is 0.129 e. The minimum Gasteiger partial charge on any atom is -0.382 e. The fraction of sp³-hybridized carbons (Fsp3) is 0.400. The average Bonchev–Trinajstić information content (AvgIpc) is 2.05. The Bertz CT molecular complexity index is 336. The molecular formula is C10H11ClFN. The molecule has 1 aromatic rings. The summed E-state index contributed by atoms with van der Waals surface area (Å²) in [7, 11) is 0. The molecule has 1 aromatic carbocycles. The van der Waals surface area contributed by atoms with Gasteiger partial charge in [0.2, 0.25) is 0 Å². The quantitative estimate of drug-likeness (QED) is 0.677. The number of alkyl halides is 1. The van der Waals surface area contributed by atoms with Crippen molar-refractivity contribution in [1.82, 2.24) is 0 Å². The normalized spacial score (nSPS) is 26.4. The molecule has 0 spiro atoms. The van der Waals surface area contributed by atoms with Crippen LogP contribution in [0.15, 0.2) is 18.2 Å². The zero-order valence-electron chi connectivity index (χ0n) is 7.40. The van der Waals surface area contributed by atoms with E-state index in [1.54, 1.807) is 13.0 Å². The van der Waals surface area contributed by atoms with E-state index in [-0.39, 0.29) is 0 Å². The van der Waals surface area contributed by atoms with Crippen molar-refractivity contribution in [3.05, 3.63) is 28.8 Å². The van der Waals surface area contributed by atoms with Gasteiger partial charge >= 0.3 is 0 Å². The van der Waals surface area contributed by atoms with Gasteiger partial charge in [0.1, 0.15) is 5.67 Å². The molecule has 1 aliphatic heterocycles. The Kier molecular flexibility index (Phi) is 1.95. The lowest BCUT2D eigenvalue weighted by Crippen LogP contribution is -2.35. The topological polar surface area (TPSA) is 12.0 Å². The molecule has 1 atom stereocenters. The summed E-state index contributed by atoms with van der Waals surface area (Å²) in [5.74, 6) is 0. The van der Waals surface area contributed by atoms with Gasteiger partial charge in [-0.2, -0.15) is 0 Å². The van der Waals surface area contributed by atoms with E-state index in [4.69, 9.17) is 11.6 Å². The summed E-state index contributed by atoms with van der Waals surface area (Å²) in [6.45, 7) is 1.97. The number of rotatable bonds is 0. The Labute approximate surface area is 81.9 Å². The first-order valence-corrected chi connectivity index (χ1v) is 4.66. The molecule has 0 aliphatic carbocycles. The minimum absolute atomic E-state index is 0.361. The molecular weight excluding hydrogens is 189 g/mol. The van der Waals surface area contributed by atoms with E-state index in [1.165, 1.54) is 0 Å². The van der Waals surface area contributed by atoms with E-state index in [1.807, 2.05) is 12.1 Å². The number of anilines is 1. The van der Waals surface area contributed by atoms with Crippen molar-refractivity contribution < 1.29 is 4.39 Å². The predicted molar refractivity (Wildman–Crippen MR) is 53.2 cm³/mol. The zero-order valence-corrected chi connectivity index (χ0v) is 8.16. The summed E-state index contributed by atoms with van der Waals surface area (Å²) < 4.78 is 13.6. The summed E-state index contributed by atoms with van der Waals surface area (Å²) in [5, 5.41) is 3.72. The highest BCUT2D eigenvalue weighted by atomic mass is 35.5. The van der Waals surface area contributed by atoms with Crippen LogP contribution in [0.3, 0.4) is 0 Å². The molecule has 1 heterocycles. The number of fused-ring (bicyclic) bond motifs is 1. The SMILES string of the molecule is CC1(F)CNc2cc(Cl)ccc2C1. The maximum atomic E-state index is 13.6. The van der Waals surface area contributed by atoms with Crippen LogP contribution in [0, 0.1) is 0 Å². The van der Waals surface area contributed by atoms with E-state index in [0.29, 0.717) is 18.0 Å². The van der Waals surface area contributed by atoms with Gasteiger partial charge in [-0.05, 0) is 24.6 Å². The van der Waals surface area contributed by atoms with Gasteiger partial charge in [-0.3, -0.25) is 0 Å². The van der Waals surface area contributed by atoms with Crippen LogP contribution in [0.2, 0.25) is 5.02 Å². The second-order valence-corrected chi connectivity index (χ2v) is 4.18. The third-order valence-corrected chi connectivity index (χ3v) is 2.51. The van der Waals surface area contributed by atoms with Gasteiger partial charge < -0.3 is 5.32 Å². The van der Waals surface area contributed by atoms with E-state index in [2.05, 4.69) is 5.32 Å². The lowest BCUT2D eigenvalue weighted by molar-refractivity contribution is 0.202. The van der Waals surface area contributed by atoms with Crippen LogP contribution in [0.1, 0.15) is 12.5 Å². The smallest absolute Gasteiger partial charge is 0.129 e. The Hall–Kier alpha value is -0.760. The van der Waals surface area contributed by atoms with Crippen LogP contribution in [0.4, 0.5) is 10.1 Å². The van der Waals surface area contributed by atoms with E-state index in [9.17, 15) is 4.39 Å². The maximum absolute atomic E-state index is 13.6. The van der Waals surface area contributed by atoms with Crippen LogP contribution in [0.5, 0.6) is 0 Å². The molecule has 0 aromatic heterocycles. The molecule has 0 fully saturated rings. The Morgan fingerprint density at radius 2 is 2.31 bits per heavy atom. The summed E-state index contributed by atoms with van der Waals surface area (Å²) in [4.78, 5) is 0. The largest absolute Gasteiger partial charge is 0.382 e. The third kappa shape index (κ3) is 1.78. The van der Waals surface area contributed by atoms with Crippen LogP contribution in [-0.2, 0) is 6.42 Å². The standard InChI is InChI=1S/C10H11ClFN/c1-10(12)5-7-2-3-8(11)4-9(7)13-6-10/h2-4,13H,5-6H2,1H3. The third-order valence-electron chi connectivity index (χ3n) is 2.28. The van der Waals surface area contributed by atoms with Crippen LogP contribution < -0.4 is 5.32 Å². The van der Waals surface area contributed by atoms with Crippen LogP contribution in [-0.4, -0.2) is 12.2 Å². The van der Waals surface area contributed by atoms with Crippen molar-refractivity contribution in [1.29, 1.82) is 0 Å². The van der Waals surface area contributed by atoms with Crippen molar-refractivity contribution in [2.75, 3.05) is 11.9 Å². The van der Waals surface area contributed by atoms with E-state index < -0.39 is 5.67 Å². The number of halogens is 2. The number of nitrogens with one attached hydrogen (secondary N) is 1. The zero-order chi connectivity index (χ0) is 9.47. The molecule has 1 aliphatic rings. The van der Waals surface area contributed by atoms with Crippen molar-refractivity contribution in [3.8, 4) is 0 Å². The number of hydrogen-bond acceptors (Lipinski definition) is 1. The van der Waals surface area contributed by atoms with Crippen LogP contribution in [0.25, 0.3) is 0 Å². The molecule has 0 saturated heterocycles. The summed E-state index contributed by atoms with van der Waals surface area (Å²) in [6.07, 6.45) is 0.465. The lowest BCUT2D eigenvalue weighted by Gasteiger charge is -2.28. The van der Waals surface area contributed by atoms with Crippen molar-refractivity contribution in [2.24, 2.45) is 0 Å². The van der Waals surface area contributed by atoms with Gasteiger partial charge in [0.15, 0.2) is 0 Å². The first kappa shape index (κ1) is 8.82. The first-order chi connectivity index (χ1) is 6.07. The molecule has 1 unspecified atom stereocenters. The number of benzene rings is 1. The van der Waals surface area contributed by atoms with Crippen molar-refractivity contribution >= 4 is 17.3 Å². The van der Waals surface area contributed by atoms with Crippen molar-refractivity contribution in [2.45, 2.75) is 19.0 Å². The molecule has 0 saturated carbocycles.